The lowest BCUT2D eigenvalue weighted by atomic mass is 9.99. The van der Waals surface area contributed by atoms with Gasteiger partial charge in [0, 0.05) is 12.6 Å². The molecule has 0 saturated carbocycles. The zero-order valence-electron chi connectivity index (χ0n) is 11.9. The van der Waals surface area contributed by atoms with Gasteiger partial charge in [-0.2, -0.15) is 0 Å². The van der Waals surface area contributed by atoms with Crippen molar-refractivity contribution in [3.05, 3.63) is 34.9 Å². The van der Waals surface area contributed by atoms with Gasteiger partial charge in [0.25, 0.3) is 0 Å². The van der Waals surface area contributed by atoms with E-state index in [9.17, 15) is 0 Å². The average Bonchev–Trinajstić information content (AvgIpc) is 2.32. The molecule has 0 radical (unpaired) electrons. The average molecular weight is 234 g/mol. The molecular formula is C15H26N2. The van der Waals surface area contributed by atoms with E-state index < -0.39 is 0 Å². The summed E-state index contributed by atoms with van der Waals surface area (Å²) < 4.78 is 0. The van der Waals surface area contributed by atoms with Crippen molar-refractivity contribution in [2.75, 3.05) is 26.7 Å². The first-order valence-electron chi connectivity index (χ1n) is 6.59. The third-order valence-electron chi connectivity index (χ3n) is 3.48. The fraction of sp³-hybridized carbons (Fsp3) is 0.600. The van der Waals surface area contributed by atoms with Gasteiger partial charge in [-0.25, -0.2) is 0 Å². The molecule has 1 atom stereocenters. The molecule has 0 heterocycles. The highest BCUT2D eigenvalue weighted by Gasteiger charge is 2.14. The highest BCUT2D eigenvalue weighted by molar-refractivity contribution is 5.33. The van der Waals surface area contributed by atoms with Crippen LogP contribution in [-0.4, -0.2) is 31.6 Å². The molecule has 1 N–H and O–H groups in total. The van der Waals surface area contributed by atoms with Crippen LogP contribution in [0, 0.1) is 13.8 Å². The van der Waals surface area contributed by atoms with Gasteiger partial charge in [0.1, 0.15) is 0 Å². The third-order valence-corrected chi connectivity index (χ3v) is 3.48. The quantitative estimate of drug-likeness (QED) is 0.814. The molecule has 0 spiro atoms. The molecular weight excluding hydrogens is 208 g/mol. The van der Waals surface area contributed by atoms with Crippen molar-refractivity contribution in [3.63, 3.8) is 0 Å². The third kappa shape index (κ3) is 3.83. The number of nitrogens with zero attached hydrogens (tertiary/aromatic N) is 1. The van der Waals surface area contributed by atoms with Gasteiger partial charge in [0.15, 0.2) is 0 Å². The summed E-state index contributed by atoms with van der Waals surface area (Å²) in [5, 5.41) is 3.44. The normalized spacial score (nSPS) is 13.1. The van der Waals surface area contributed by atoms with E-state index in [0.717, 1.165) is 19.6 Å². The van der Waals surface area contributed by atoms with Gasteiger partial charge in [-0.05, 0) is 45.1 Å². The Morgan fingerprint density at radius 2 is 1.82 bits per heavy atom. The van der Waals surface area contributed by atoms with Crippen molar-refractivity contribution in [3.8, 4) is 0 Å². The minimum absolute atomic E-state index is 0.426. The van der Waals surface area contributed by atoms with E-state index in [1.165, 1.54) is 16.7 Å². The SMILES string of the molecule is CCN(CC)CC(NC)c1ccc(C)cc1C. The Kier molecular flexibility index (Phi) is 5.66. The molecule has 0 aliphatic heterocycles. The van der Waals surface area contributed by atoms with Crippen LogP contribution < -0.4 is 5.32 Å². The lowest BCUT2D eigenvalue weighted by Crippen LogP contribution is -2.34. The highest BCUT2D eigenvalue weighted by atomic mass is 15.1. The van der Waals surface area contributed by atoms with Crippen LogP contribution in [0.5, 0.6) is 0 Å². The molecule has 0 saturated heterocycles. The van der Waals surface area contributed by atoms with Crippen molar-refractivity contribution in [2.45, 2.75) is 33.7 Å². The van der Waals surface area contributed by atoms with Crippen LogP contribution in [0.4, 0.5) is 0 Å². The Bertz CT molecular complexity index is 343. The van der Waals surface area contributed by atoms with Crippen LogP contribution in [0.15, 0.2) is 18.2 Å². The van der Waals surface area contributed by atoms with Crippen LogP contribution in [0.2, 0.25) is 0 Å². The van der Waals surface area contributed by atoms with E-state index >= 15 is 0 Å². The monoisotopic (exact) mass is 234 g/mol. The molecule has 1 aromatic carbocycles. The van der Waals surface area contributed by atoms with E-state index in [1.807, 2.05) is 7.05 Å². The van der Waals surface area contributed by atoms with Crippen LogP contribution in [0.1, 0.15) is 36.6 Å². The predicted molar refractivity (Wildman–Crippen MR) is 75.5 cm³/mol. The first-order chi connectivity index (χ1) is 8.12. The lowest BCUT2D eigenvalue weighted by Gasteiger charge is -2.26. The first kappa shape index (κ1) is 14.2. The summed E-state index contributed by atoms with van der Waals surface area (Å²) in [6.07, 6.45) is 0. The van der Waals surface area contributed by atoms with Crippen LogP contribution >= 0.6 is 0 Å². The van der Waals surface area contributed by atoms with E-state index in [1.54, 1.807) is 0 Å². The Morgan fingerprint density at radius 1 is 1.18 bits per heavy atom. The maximum atomic E-state index is 3.44. The number of likely N-dealkylation sites (N-methyl/N-ethyl adjacent to an activating group) is 2. The van der Waals surface area contributed by atoms with Gasteiger partial charge < -0.3 is 10.2 Å². The van der Waals surface area contributed by atoms with Crippen molar-refractivity contribution in [2.24, 2.45) is 0 Å². The van der Waals surface area contributed by atoms with Crippen LogP contribution in [0.25, 0.3) is 0 Å². The molecule has 1 unspecified atom stereocenters. The predicted octanol–water partition coefficient (Wildman–Crippen LogP) is 2.91. The van der Waals surface area contributed by atoms with Gasteiger partial charge in [0.05, 0.1) is 0 Å². The molecule has 0 fully saturated rings. The number of hydrogen-bond donors (Lipinski definition) is 1. The number of aryl methyl sites for hydroxylation is 2. The molecule has 2 nitrogen and oxygen atoms in total. The molecule has 0 amide bonds. The molecule has 96 valence electrons. The summed E-state index contributed by atoms with van der Waals surface area (Å²) in [4.78, 5) is 2.46. The first-order valence-corrected chi connectivity index (χ1v) is 6.59. The standard InChI is InChI=1S/C15H26N2/c1-6-17(7-2)11-15(16-5)14-9-8-12(3)10-13(14)4/h8-10,15-16H,6-7,11H2,1-5H3. The van der Waals surface area contributed by atoms with E-state index in [0.29, 0.717) is 6.04 Å². The lowest BCUT2D eigenvalue weighted by molar-refractivity contribution is 0.270. The fourth-order valence-corrected chi connectivity index (χ4v) is 2.30. The van der Waals surface area contributed by atoms with Crippen molar-refractivity contribution >= 4 is 0 Å². The molecule has 0 aliphatic carbocycles. The van der Waals surface area contributed by atoms with Crippen LogP contribution in [0.3, 0.4) is 0 Å². The number of benzene rings is 1. The second-order valence-electron chi connectivity index (χ2n) is 4.69. The number of hydrogen-bond acceptors (Lipinski definition) is 2. The van der Waals surface area contributed by atoms with Crippen molar-refractivity contribution in [1.29, 1.82) is 0 Å². The smallest absolute Gasteiger partial charge is 0.0449 e. The molecule has 17 heavy (non-hydrogen) atoms. The topological polar surface area (TPSA) is 15.3 Å². The number of rotatable bonds is 6. The number of nitrogens with one attached hydrogen (secondary N) is 1. The fourth-order valence-electron chi connectivity index (χ4n) is 2.30. The summed E-state index contributed by atoms with van der Waals surface area (Å²) in [5.41, 5.74) is 4.14. The van der Waals surface area contributed by atoms with Gasteiger partial charge >= 0.3 is 0 Å². The zero-order chi connectivity index (χ0) is 12.8. The van der Waals surface area contributed by atoms with E-state index in [2.05, 4.69) is 56.1 Å². The summed E-state index contributed by atoms with van der Waals surface area (Å²) in [6, 6.07) is 7.15. The summed E-state index contributed by atoms with van der Waals surface area (Å²) >= 11 is 0. The minimum atomic E-state index is 0.426. The maximum Gasteiger partial charge on any atom is 0.0449 e. The molecule has 1 rings (SSSR count). The largest absolute Gasteiger partial charge is 0.312 e. The highest BCUT2D eigenvalue weighted by Crippen LogP contribution is 2.19. The van der Waals surface area contributed by atoms with Crippen molar-refractivity contribution in [1.82, 2.24) is 10.2 Å². The molecule has 2 heteroatoms. The molecule has 1 aromatic rings. The minimum Gasteiger partial charge on any atom is -0.312 e. The summed E-state index contributed by atoms with van der Waals surface area (Å²) in [5.74, 6) is 0. The van der Waals surface area contributed by atoms with Gasteiger partial charge in [-0.1, -0.05) is 37.6 Å². The van der Waals surface area contributed by atoms with E-state index in [4.69, 9.17) is 0 Å². The summed E-state index contributed by atoms with van der Waals surface area (Å²) in [7, 11) is 2.05. The van der Waals surface area contributed by atoms with Gasteiger partial charge in [0.2, 0.25) is 0 Å². The molecule has 0 bridgehead atoms. The maximum absolute atomic E-state index is 3.44. The van der Waals surface area contributed by atoms with Gasteiger partial charge in [-0.3, -0.25) is 0 Å². The Labute approximate surface area is 106 Å². The second kappa shape index (κ2) is 6.77. The Hall–Kier alpha value is -0.860. The Morgan fingerprint density at radius 3 is 2.29 bits per heavy atom. The van der Waals surface area contributed by atoms with Gasteiger partial charge in [-0.15, -0.1) is 0 Å². The Balaban J connectivity index is 2.85. The van der Waals surface area contributed by atoms with Crippen molar-refractivity contribution < 1.29 is 0 Å². The summed E-state index contributed by atoms with van der Waals surface area (Å²) in [6.45, 7) is 12.1. The molecule has 0 aromatic heterocycles. The zero-order valence-corrected chi connectivity index (χ0v) is 11.9. The second-order valence-corrected chi connectivity index (χ2v) is 4.69. The van der Waals surface area contributed by atoms with Crippen LogP contribution in [-0.2, 0) is 0 Å². The van der Waals surface area contributed by atoms with E-state index in [-0.39, 0.29) is 0 Å². The molecule has 0 aliphatic rings.